The lowest BCUT2D eigenvalue weighted by atomic mass is 10.1. The van der Waals surface area contributed by atoms with Gasteiger partial charge in [0.05, 0.1) is 23.1 Å². The minimum atomic E-state index is 0.426. The monoisotopic (exact) mass is 246 g/mol. The van der Waals surface area contributed by atoms with Crippen molar-refractivity contribution >= 4 is 22.3 Å². The third-order valence-corrected chi connectivity index (χ3v) is 3.08. The van der Waals surface area contributed by atoms with Crippen molar-refractivity contribution in [2.75, 3.05) is 17.2 Å². The maximum Gasteiger partial charge on any atom is 0.0672 e. The molecule has 18 heavy (non-hydrogen) atoms. The van der Waals surface area contributed by atoms with E-state index in [0.29, 0.717) is 12.0 Å². The molecule has 1 aromatic carbocycles. The lowest BCUT2D eigenvalue weighted by Gasteiger charge is -2.31. The van der Waals surface area contributed by atoms with Crippen LogP contribution in [0.25, 0.3) is 10.9 Å². The standard InChI is InChI=1S/C14H22N4/c1-9(2)8-18(10(3)4)14-6-13-11(5-12(14)15)7-16-17-13/h5-7,9-10H,8,15H2,1-4H3,(H,16,17). The first-order chi connectivity index (χ1) is 8.49. The summed E-state index contributed by atoms with van der Waals surface area (Å²) in [6.45, 7) is 9.83. The Labute approximate surface area is 108 Å². The zero-order chi connectivity index (χ0) is 13.3. The van der Waals surface area contributed by atoms with Gasteiger partial charge in [0.2, 0.25) is 0 Å². The first-order valence-corrected chi connectivity index (χ1v) is 6.48. The summed E-state index contributed by atoms with van der Waals surface area (Å²) in [6, 6.07) is 4.51. The van der Waals surface area contributed by atoms with Crippen LogP contribution in [0, 0.1) is 5.92 Å². The van der Waals surface area contributed by atoms with E-state index in [1.54, 1.807) is 6.20 Å². The topological polar surface area (TPSA) is 57.9 Å². The molecule has 0 amide bonds. The van der Waals surface area contributed by atoms with E-state index in [9.17, 15) is 0 Å². The van der Waals surface area contributed by atoms with Crippen LogP contribution in [-0.4, -0.2) is 22.8 Å². The van der Waals surface area contributed by atoms with Crippen LogP contribution >= 0.6 is 0 Å². The molecule has 4 nitrogen and oxygen atoms in total. The van der Waals surface area contributed by atoms with Crippen molar-refractivity contribution in [2.45, 2.75) is 33.7 Å². The van der Waals surface area contributed by atoms with Crippen molar-refractivity contribution in [3.63, 3.8) is 0 Å². The quantitative estimate of drug-likeness (QED) is 0.815. The van der Waals surface area contributed by atoms with Gasteiger partial charge in [-0.15, -0.1) is 0 Å². The molecule has 1 heterocycles. The van der Waals surface area contributed by atoms with Crippen LogP contribution in [0.5, 0.6) is 0 Å². The molecule has 0 saturated heterocycles. The molecule has 98 valence electrons. The van der Waals surface area contributed by atoms with Crippen LogP contribution in [0.3, 0.4) is 0 Å². The Hall–Kier alpha value is -1.71. The van der Waals surface area contributed by atoms with E-state index in [4.69, 9.17) is 5.73 Å². The number of nitrogens with one attached hydrogen (secondary N) is 1. The molecule has 2 aromatic rings. The molecule has 0 aliphatic carbocycles. The third kappa shape index (κ3) is 2.42. The predicted molar refractivity (Wildman–Crippen MR) is 77.8 cm³/mol. The molecule has 0 radical (unpaired) electrons. The summed E-state index contributed by atoms with van der Waals surface area (Å²) in [5.41, 5.74) is 9.12. The van der Waals surface area contributed by atoms with Crippen molar-refractivity contribution in [3.8, 4) is 0 Å². The normalized spacial score (nSPS) is 11.7. The SMILES string of the molecule is CC(C)CN(c1cc2[nH]ncc2cc1N)C(C)C. The van der Waals surface area contributed by atoms with Gasteiger partial charge >= 0.3 is 0 Å². The van der Waals surface area contributed by atoms with E-state index in [-0.39, 0.29) is 0 Å². The van der Waals surface area contributed by atoms with Gasteiger partial charge in [0.1, 0.15) is 0 Å². The molecule has 0 bridgehead atoms. The van der Waals surface area contributed by atoms with Gasteiger partial charge in [0, 0.05) is 18.0 Å². The van der Waals surface area contributed by atoms with Gasteiger partial charge in [-0.05, 0) is 31.9 Å². The van der Waals surface area contributed by atoms with Crippen molar-refractivity contribution in [2.24, 2.45) is 5.92 Å². The Balaban J connectivity index is 2.45. The van der Waals surface area contributed by atoms with Gasteiger partial charge in [0.25, 0.3) is 0 Å². The molecule has 0 spiro atoms. The van der Waals surface area contributed by atoms with E-state index < -0.39 is 0 Å². The fraction of sp³-hybridized carbons (Fsp3) is 0.500. The van der Waals surface area contributed by atoms with E-state index >= 15 is 0 Å². The number of nitrogens with two attached hydrogens (primary N) is 1. The number of anilines is 2. The molecule has 3 N–H and O–H groups in total. The van der Waals surface area contributed by atoms with Crippen LogP contribution in [0.15, 0.2) is 18.3 Å². The smallest absolute Gasteiger partial charge is 0.0672 e. The second kappa shape index (κ2) is 4.88. The summed E-state index contributed by atoms with van der Waals surface area (Å²) in [5.74, 6) is 0.601. The average molecular weight is 246 g/mol. The first kappa shape index (κ1) is 12.7. The number of aromatic amines is 1. The predicted octanol–water partition coefficient (Wildman–Crippen LogP) is 3.02. The maximum absolute atomic E-state index is 6.18. The van der Waals surface area contributed by atoms with Crippen molar-refractivity contribution in [1.82, 2.24) is 10.2 Å². The molecular weight excluding hydrogens is 224 g/mol. The van der Waals surface area contributed by atoms with Crippen LogP contribution in [0.2, 0.25) is 0 Å². The highest BCUT2D eigenvalue weighted by atomic mass is 15.2. The van der Waals surface area contributed by atoms with E-state index in [2.05, 4.69) is 48.9 Å². The number of benzene rings is 1. The zero-order valence-electron chi connectivity index (χ0n) is 11.6. The summed E-state index contributed by atoms with van der Waals surface area (Å²) in [7, 11) is 0. The Morgan fingerprint density at radius 2 is 2.00 bits per heavy atom. The van der Waals surface area contributed by atoms with Gasteiger partial charge < -0.3 is 10.6 Å². The number of aromatic nitrogens is 2. The van der Waals surface area contributed by atoms with Crippen molar-refractivity contribution < 1.29 is 0 Å². The zero-order valence-corrected chi connectivity index (χ0v) is 11.6. The molecule has 0 atom stereocenters. The summed E-state index contributed by atoms with van der Waals surface area (Å²) in [6.07, 6.45) is 1.80. The van der Waals surface area contributed by atoms with Crippen LogP contribution in [0.1, 0.15) is 27.7 Å². The first-order valence-electron chi connectivity index (χ1n) is 6.48. The third-order valence-electron chi connectivity index (χ3n) is 3.08. The maximum atomic E-state index is 6.18. The fourth-order valence-electron chi connectivity index (χ4n) is 2.23. The summed E-state index contributed by atoms with van der Waals surface area (Å²) >= 11 is 0. The molecule has 0 saturated carbocycles. The number of nitrogens with zero attached hydrogens (tertiary/aromatic N) is 2. The molecule has 0 aliphatic heterocycles. The fourth-order valence-corrected chi connectivity index (χ4v) is 2.23. The van der Waals surface area contributed by atoms with Gasteiger partial charge in [-0.3, -0.25) is 5.10 Å². The Kier molecular flexibility index (Phi) is 3.45. The summed E-state index contributed by atoms with van der Waals surface area (Å²) in [4.78, 5) is 2.35. The number of fused-ring (bicyclic) bond motifs is 1. The molecule has 0 fully saturated rings. The molecule has 0 unspecified atom stereocenters. The summed E-state index contributed by atoms with van der Waals surface area (Å²) < 4.78 is 0. The van der Waals surface area contributed by atoms with Gasteiger partial charge in [0.15, 0.2) is 0 Å². The van der Waals surface area contributed by atoms with E-state index in [0.717, 1.165) is 28.8 Å². The molecule has 4 heteroatoms. The number of rotatable bonds is 4. The largest absolute Gasteiger partial charge is 0.397 e. The second-order valence-electron chi connectivity index (χ2n) is 5.51. The second-order valence-corrected chi connectivity index (χ2v) is 5.51. The van der Waals surface area contributed by atoms with Gasteiger partial charge in [-0.2, -0.15) is 5.10 Å². The van der Waals surface area contributed by atoms with Crippen molar-refractivity contribution in [3.05, 3.63) is 18.3 Å². The number of nitrogen functional groups attached to an aromatic ring is 1. The Morgan fingerprint density at radius 1 is 1.28 bits per heavy atom. The molecule has 1 aromatic heterocycles. The average Bonchev–Trinajstić information content (AvgIpc) is 2.71. The Morgan fingerprint density at radius 3 is 2.61 bits per heavy atom. The lowest BCUT2D eigenvalue weighted by molar-refractivity contribution is 0.572. The highest BCUT2D eigenvalue weighted by Crippen LogP contribution is 2.30. The van der Waals surface area contributed by atoms with Crippen LogP contribution < -0.4 is 10.6 Å². The van der Waals surface area contributed by atoms with Gasteiger partial charge in [-0.25, -0.2) is 0 Å². The minimum Gasteiger partial charge on any atom is -0.397 e. The minimum absolute atomic E-state index is 0.426. The highest BCUT2D eigenvalue weighted by Gasteiger charge is 2.16. The summed E-state index contributed by atoms with van der Waals surface area (Å²) in [5, 5.41) is 8.11. The van der Waals surface area contributed by atoms with Gasteiger partial charge in [-0.1, -0.05) is 13.8 Å². The molecule has 2 rings (SSSR count). The molecule has 0 aliphatic rings. The van der Waals surface area contributed by atoms with E-state index in [1.165, 1.54) is 0 Å². The number of H-pyrrole nitrogens is 1. The van der Waals surface area contributed by atoms with Crippen LogP contribution in [0.4, 0.5) is 11.4 Å². The van der Waals surface area contributed by atoms with Crippen LogP contribution in [-0.2, 0) is 0 Å². The van der Waals surface area contributed by atoms with Crippen molar-refractivity contribution in [1.29, 1.82) is 0 Å². The number of hydrogen-bond acceptors (Lipinski definition) is 3. The highest BCUT2D eigenvalue weighted by molar-refractivity contribution is 5.89. The molecular formula is C14H22N4. The Bertz CT molecular complexity index is 528. The number of hydrogen-bond donors (Lipinski definition) is 2. The van der Waals surface area contributed by atoms with E-state index in [1.807, 2.05) is 6.07 Å². The lowest BCUT2D eigenvalue weighted by Crippen LogP contribution is -2.34.